The maximum Gasteiger partial charge on any atom is 0.239 e. The van der Waals surface area contributed by atoms with E-state index >= 15 is 0 Å². The van der Waals surface area contributed by atoms with Crippen molar-refractivity contribution in [3.63, 3.8) is 0 Å². The van der Waals surface area contributed by atoms with Gasteiger partial charge in [0.05, 0.1) is 12.6 Å². The minimum absolute atomic E-state index is 0. The van der Waals surface area contributed by atoms with Gasteiger partial charge in [0, 0.05) is 25.7 Å². The quantitative estimate of drug-likeness (QED) is 0.726. The maximum atomic E-state index is 13.2. The monoisotopic (exact) mass is 445 g/mol. The fraction of sp³-hybridized carbons (Fsp3) is 0.682. The third kappa shape index (κ3) is 6.48. The van der Waals surface area contributed by atoms with Crippen LogP contribution in [0.25, 0.3) is 0 Å². The number of carbonyl (C=O) groups excluding carboxylic acids is 1. The topological polar surface area (TPSA) is 44.8 Å². The van der Waals surface area contributed by atoms with Gasteiger partial charge in [-0.2, -0.15) is 0 Å². The lowest BCUT2D eigenvalue weighted by atomic mass is 9.77. The maximum absolute atomic E-state index is 13.2. The Morgan fingerprint density at radius 1 is 1.28 bits per heavy atom. The van der Waals surface area contributed by atoms with Gasteiger partial charge in [0.1, 0.15) is 5.75 Å². The number of hydrogen-bond donors (Lipinski definition) is 1. The molecule has 166 valence electrons. The van der Waals surface area contributed by atoms with Gasteiger partial charge in [0.2, 0.25) is 5.91 Å². The molecule has 0 radical (unpaired) electrons. The van der Waals surface area contributed by atoms with E-state index in [1.165, 1.54) is 12.8 Å². The smallest absolute Gasteiger partial charge is 0.239 e. The lowest BCUT2D eigenvalue weighted by molar-refractivity contribution is -0.134. The molecule has 0 saturated carbocycles. The standard InChI is InChI=1S/C22H35N3O2.2ClH/c1-17(2)15-27-20-8-6-5-7-18(20)14-24(3)21(26)19-13-22(16-25(19)4)9-11-23-12-10-22;;/h5-8,17,19,23H,9-16H2,1-4H3;2*1H. The van der Waals surface area contributed by atoms with E-state index in [0.29, 0.717) is 24.5 Å². The van der Waals surface area contributed by atoms with Crippen LogP contribution in [0.4, 0.5) is 0 Å². The van der Waals surface area contributed by atoms with Crippen molar-refractivity contribution in [2.24, 2.45) is 11.3 Å². The van der Waals surface area contributed by atoms with Crippen molar-refractivity contribution in [2.45, 2.75) is 45.7 Å². The van der Waals surface area contributed by atoms with E-state index in [1.807, 2.05) is 30.1 Å². The van der Waals surface area contributed by atoms with Crippen LogP contribution in [0.5, 0.6) is 5.75 Å². The van der Waals surface area contributed by atoms with Gasteiger partial charge in [-0.25, -0.2) is 0 Å². The molecule has 1 atom stereocenters. The highest BCUT2D eigenvalue weighted by atomic mass is 35.5. The lowest BCUT2D eigenvalue weighted by Crippen LogP contribution is -2.42. The number of rotatable bonds is 6. The molecule has 7 heteroatoms. The number of ether oxygens (including phenoxy) is 1. The number of piperidine rings is 1. The number of amides is 1. The van der Waals surface area contributed by atoms with Crippen molar-refractivity contribution in [3.8, 4) is 5.75 Å². The zero-order valence-corrected chi connectivity index (χ0v) is 19.8. The van der Waals surface area contributed by atoms with Gasteiger partial charge in [-0.1, -0.05) is 32.0 Å². The van der Waals surface area contributed by atoms with Crippen LogP contribution in [-0.2, 0) is 11.3 Å². The van der Waals surface area contributed by atoms with Gasteiger partial charge in [-0.15, -0.1) is 24.8 Å². The Morgan fingerprint density at radius 3 is 2.59 bits per heavy atom. The van der Waals surface area contributed by atoms with Gasteiger partial charge in [0.25, 0.3) is 0 Å². The molecule has 2 aliphatic heterocycles. The van der Waals surface area contributed by atoms with Crippen LogP contribution in [0.3, 0.4) is 0 Å². The van der Waals surface area contributed by atoms with Crippen molar-refractivity contribution in [3.05, 3.63) is 29.8 Å². The highest BCUT2D eigenvalue weighted by Crippen LogP contribution is 2.41. The van der Waals surface area contributed by atoms with Crippen molar-refractivity contribution in [1.82, 2.24) is 15.1 Å². The number of halogens is 2. The van der Waals surface area contributed by atoms with Crippen LogP contribution in [0.15, 0.2) is 24.3 Å². The van der Waals surface area contributed by atoms with Gasteiger partial charge in [-0.3, -0.25) is 9.69 Å². The third-order valence-electron chi connectivity index (χ3n) is 6.02. The Labute approximate surface area is 188 Å². The first-order valence-electron chi connectivity index (χ1n) is 10.3. The van der Waals surface area contributed by atoms with Crippen LogP contribution in [0.1, 0.15) is 38.7 Å². The van der Waals surface area contributed by atoms with Gasteiger partial charge in [0.15, 0.2) is 0 Å². The van der Waals surface area contributed by atoms with Crippen molar-refractivity contribution >= 4 is 30.7 Å². The normalized spacial score (nSPS) is 20.8. The van der Waals surface area contributed by atoms with Crippen LogP contribution < -0.4 is 10.1 Å². The summed E-state index contributed by atoms with van der Waals surface area (Å²) in [5.41, 5.74) is 1.39. The second kappa shape index (κ2) is 11.4. The Balaban J connectivity index is 0.00000210. The average molecular weight is 446 g/mol. The summed E-state index contributed by atoms with van der Waals surface area (Å²) in [6.07, 6.45) is 3.34. The number of nitrogens with zero attached hydrogens (tertiary/aromatic N) is 2. The summed E-state index contributed by atoms with van der Waals surface area (Å²) in [5, 5.41) is 3.45. The first-order chi connectivity index (χ1) is 12.9. The number of carbonyl (C=O) groups is 1. The highest BCUT2D eigenvalue weighted by molar-refractivity contribution is 5.85. The molecule has 2 fully saturated rings. The molecular formula is C22H37Cl2N3O2. The summed E-state index contributed by atoms with van der Waals surface area (Å²) < 4.78 is 5.96. The van der Waals surface area contributed by atoms with E-state index in [2.05, 4.69) is 37.2 Å². The zero-order valence-electron chi connectivity index (χ0n) is 18.1. The molecule has 0 bridgehead atoms. The second-order valence-electron chi connectivity index (χ2n) is 8.89. The molecule has 0 aromatic heterocycles. The molecule has 2 saturated heterocycles. The van der Waals surface area contributed by atoms with Crippen molar-refractivity contribution in [2.75, 3.05) is 40.3 Å². The predicted octanol–water partition coefficient (Wildman–Crippen LogP) is 3.60. The molecular weight excluding hydrogens is 409 g/mol. The molecule has 1 N–H and O–H groups in total. The Hall–Kier alpha value is -1.01. The molecule has 1 amide bonds. The summed E-state index contributed by atoms with van der Waals surface area (Å²) in [6, 6.07) is 8.07. The Bertz CT molecular complexity index is 651. The van der Waals surface area contributed by atoms with E-state index in [4.69, 9.17) is 4.74 Å². The predicted molar refractivity (Wildman–Crippen MR) is 123 cm³/mol. The number of nitrogens with one attached hydrogen (secondary N) is 1. The summed E-state index contributed by atoms with van der Waals surface area (Å²) in [4.78, 5) is 17.3. The van der Waals surface area contributed by atoms with E-state index in [0.717, 1.165) is 37.4 Å². The number of likely N-dealkylation sites (N-methyl/N-ethyl adjacent to an activating group) is 2. The SMILES string of the molecule is CC(C)COc1ccccc1CN(C)C(=O)C1CC2(CCNCC2)CN1C.Cl.Cl. The average Bonchev–Trinajstić information content (AvgIpc) is 2.96. The third-order valence-corrected chi connectivity index (χ3v) is 6.02. The Morgan fingerprint density at radius 2 is 1.93 bits per heavy atom. The fourth-order valence-corrected chi connectivity index (χ4v) is 4.48. The van der Waals surface area contributed by atoms with E-state index in [-0.39, 0.29) is 36.8 Å². The Kier molecular flexibility index (Phi) is 10.2. The number of likely N-dealkylation sites (tertiary alicyclic amines) is 1. The highest BCUT2D eigenvalue weighted by Gasteiger charge is 2.46. The van der Waals surface area contributed by atoms with Gasteiger partial charge in [-0.05, 0) is 56.8 Å². The first kappa shape index (κ1) is 26.0. The second-order valence-corrected chi connectivity index (χ2v) is 8.89. The molecule has 0 aliphatic carbocycles. The molecule has 1 aromatic rings. The molecule has 2 heterocycles. The summed E-state index contributed by atoms with van der Waals surface area (Å²) in [7, 11) is 4.02. The number of para-hydroxylation sites is 1. The van der Waals surface area contributed by atoms with E-state index in [1.54, 1.807) is 0 Å². The van der Waals surface area contributed by atoms with Crippen LogP contribution in [-0.4, -0.2) is 62.1 Å². The number of benzene rings is 1. The van der Waals surface area contributed by atoms with E-state index < -0.39 is 0 Å². The summed E-state index contributed by atoms with van der Waals surface area (Å²) >= 11 is 0. The van der Waals surface area contributed by atoms with Gasteiger partial charge < -0.3 is 15.0 Å². The van der Waals surface area contributed by atoms with Crippen LogP contribution in [0, 0.1) is 11.3 Å². The minimum atomic E-state index is -0.00292. The van der Waals surface area contributed by atoms with Crippen LogP contribution >= 0.6 is 24.8 Å². The lowest BCUT2D eigenvalue weighted by Gasteiger charge is -2.33. The number of hydrogen-bond acceptors (Lipinski definition) is 4. The minimum Gasteiger partial charge on any atom is -0.493 e. The van der Waals surface area contributed by atoms with Crippen molar-refractivity contribution < 1.29 is 9.53 Å². The molecule has 1 spiro atoms. The molecule has 29 heavy (non-hydrogen) atoms. The first-order valence-corrected chi connectivity index (χ1v) is 10.3. The molecule has 3 rings (SSSR count). The van der Waals surface area contributed by atoms with Crippen molar-refractivity contribution in [1.29, 1.82) is 0 Å². The largest absolute Gasteiger partial charge is 0.493 e. The summed E-state index contributed by atoms with van der Waals surface area (Å²) in [5.74, 6) is 1.60. The summed E-state index contributed by atoms with van der Waals surface area (Å²) in [6.45, 7) is 8.75. The van der Waals surface area contributed by atoms with Crippen LogP contribution in [0.2, 0.25) is 0 Å². The molecule has 1 aromatic carbocycles. The van der Waals surface area contributed by atoms with Gasteiger partial charge >= 0.3 is 0 Å². The fourth-order valence-electron chi connectivity index (χ4n) is 4.48. The zero-order chi connectivity index (χ0) is 19.4. The molecule has 2 aliphatic rings. The molecule has 5 nitrogen and oxygen atoms in total. The molecule has 1 unspecified atom stereocenters. The van der Waals surface area contributed by atoms with E-state index in [9.17, 15) is 4.79 Å².